The number of halogens is 1. The number of carbonyl (C=O) groups excluding carboxylic acids is 1. The molecule has 1 aromatic rings. The number of hydrogen-bond donors (Lipinski definition) is 1. The molecule has 0 bridgehead atoms. The number of rotatable bonds is 2. The Bertz CT molecular complexity index is 408. The number of anilines is 1. The standard InChI is InChI=1S/C13H17ClN2O/c1-10(17)15-13-7-2-3-8-16(13)12-6-4-5-11(14)9-12/h4-6,9,13H,2-3,7-8H2,1H3,(H,15,17). The number of piperidine rings is 1. The van der Waals surface area contributed by atoms with Gasteiger partial charge in [-0.15, -0.1) is 0 Å². The van der Waals surface area contributed by atoms with Crippen molar-refractivity contribution in [1.82, 2.24) is 5.32 Å². The second-order valence-corrected chi connectivity index (χ2v) is 4.82. The third-order valence-corrected chi connectivity index (χ3v) is 3.25. The largest absolute Gasteiger partial charge is 0.351 e. The van der Waals surface area contributed by atoms with Gasteiger partial charge < -0.3 is 10.2 Å². The van der Waals surface area contributed by atoms with Crippen LogP contribution in [0, 0.1) is 0 Å². The zero-order chi connectivity index (χ0) is 12.3. The molecule has 1 aromatic carbocycles. The normalized spacial score (nSPS) is 20.1. The van der Waals surface area contributed by atoms with Crippen molar-refractivity contribution < 1.29 is 4.79 Å². The molecule has 1 heterocycles. The number of benzene rings is 1. The first-order valence-corrected chi connectivity index (χ1v) is 6.34. The Kier molecular flexibility index (Phi) is 3.89. The molecule has 0 radical (unpaired) electrons. The van der Waals surface area contributed by atoms with Gasteiger partial charge in [0.05, 0.1) is 0 Å². The molecule has 1 atom stereocenters. The third-order valence-electron chi connectivity index (χ3n) is 3.01. The minimum Gasteiger partial charge on any atom is -0.351 e. The summed E-state index contributed by atoms with van der Waals surface area (Å²) >= 11 is 6.00. The van der Waals surface area contributed by atoms with Crippen LogP contribution in [0.15, 0.2) is 24.3 Å². The smallest absolute Gasteiger partial charge is 0.218 e. The van der Waals surface area contributed by atoms with E-state index in [2.05, 4.69) is 10.2 Å². The molecule has 0 aromatic heterocycles. The molecule has 1 unspecified atom stereocenters. The molecule has 1 aliphatic rings. The SMILES string of the molecule is CC(=O)NC1CCCCN1c1cccc(Cl)c1. The summed E-state index contributed by atoms with van der Waals surface area (Å²) in [5.74, 6) is 0.0175. The molecular weight excluding hydrogens is 236 g/mol. The minimum absolute atomic E-state index is 0.0175. The molecule has 92 valence electrons. The molecule has 1 aliphatic heterocycles. The molecule has 2 rings (SSSR count). The zero-order valence-corrected chi connectivity index (χ0v) is 10.7. The van der Waals surface area contributed by atoms with Gasteiger partial charge in [-0.3, -0.25) is 4.79 Å². The summed E-state index contributed by atoms with van der Waals surface area (Å²) < 4.78 is 0. The molecule has 1 fully saturated rings. The van der Waals surface area contributed by atoms with E-state index in [1.165, 1.54) is 0 Å². The second kappa shape index (κ2) is 5.41. The van der Waals surface area contributed by atoms with Crippen molar-refractivity contribution in [1.29, 1.82) is 0 Å². The van der Waals surface area contributed by atoms with Gasteiger partial charge in [-0.2, -0.15) is 0 Å². The maximum absolute atomic E-state index is 11.2. The number of carbonyl (C=O) groups is 1. The Hall–Kier alpha value is -1.22. The lowest BCUT2D eigenvalue weighted by Crippen LogP contribution is -2.50. The fraction of sp³-hybridized carbons (Fsp3) is 0.462. The van der Waals surface area contributed by atoms with Gasteiger partial charge in [-0.05, 0) is 37.5 Å². The molecule has 1 N–H and O–H groups in total. The highest BCUT2D eigenvalue weighted by molar-refractivity contribution is 6.30. The quantitative estimate of drug-likeness (QED) is 0.878. The Labute approximate surface area is 107 Å². The summed E-state index contributed by atoms with van der Waals surface area (Å²) in [5.41, 5.74) is 1.08. The number of nitrogens with zero attached hydrogens (tertiary/aromatic N) is 1. The molecule has 1 saturated heterocycles. The average Bonchev–Trinajstić information content (AvgIpc) is 2.29. The zero-order valence-electron chi connectivity index (χ0n) is 9.95. The second-order valence-electron chi connectivity index (χ2n) is 4.39. The lowest BCUT2D eigenvalue weighted by Gasteiger charge is -2.37. The van der Waals surface area contributed by atoms with E-state index in [-0.39, 0.29) is 12.1 Å². The van der Waals surface area contributed by atoms with Gasteiger partial charge in [0.15, 0.2) is 0 Å². The Morgan fingerprint density at radius 2 is 2.29 bits per heavy atom. The van der Waals surface area contributed by atoms with Crippen molar-refractivity contribution in [2.75, 3.05) is 11.4 Å². The lowest BCUT2D eigenvalue weighted by molar-refractivity contribution is -0.119. The predicted octanol–water partition coefficient (Wildman–Crippen LogP) is 2.79. The highest BCUT2D eigenvalue weighted by Gasteiger charge is 2.23. The van der Waals surface area contributed by atoms with Crippen LogP contribution in [-0.2, 0) is 4.79 Å². The van der Waals surface area contributed by atoms with Crippen LogP contribution in [0.3, 0.4) is 0 Å². The van der Waals surface area contributed by atoms with Crippen LogP contribution >= 0.6 is 11.6 Å². The van der Waals surface area contributed by atoms with Gasteiger partial charge in [0, 0.05) is 24.2 Å². The predicted molar refractivity (Wildman–Crippen MR) is 70.3 cm³/mol. The summed E-state index contributed by atoms with van der Waals surface area (Å²) in [6.45, 7) is 2.52. The van der Waals surface area contributed by atoms with Gasteiger partial charge in [-0.25, -0.2) is 0 Å². The van der Waals surface area contributed by atoms with Gasteiger partial charge >= 0.3 is 0 Å². The first kappa shape index (κ1) is 12.2. The van der Waals surface area contributed by atoms with E-state index < -0.39 is 0 Å². The van der Waals surface area contributed by atoms with Crippen LogP contribution in [0.5, 0.6) is 0 Å². The number of hydrogen-bond acceptors (Lipinski definition) is 2. The molecule has 1 amide bonds. The molecule has 0 spiro atoms. The van der Waals surface area contributed by atoms with E-state index in [1.54, 1.807) is 6.92 Å². The number of amides is 1. The molecule has 0 saturated carbocycles. The maximum Gasteiger partial charge on any atom is 0.218 e. The van der Waals surface area contributed by atoms with Crippen molar-refractivity contribution in [3.05, 3.63) is 29.3 Å². The third kappa shape index (κ3) is 3.13. The highest BCUT2D eigenvalue weighted by Crippen LogP contribution is 2.25. The monoisotopic (exact) mass is 252 g/mol. The van der Waals surface area contributed by atoms with Crippen molar-refractivity contribution in [3.8, 4) is 0 Å². The summed E-state index contributed by atoms with van der Waals surface area (Å²) in [4.78, 5) is 13.4. The topological polar surface area (TPSA) is 32.3 Å². The van der Waals surface area contributed by atoms with Gasteiger partial charge in [0.2, 0.25) is 5.91 Å². The summed E-state index contributed by atoms with van der Waals surface area (Å²) in [5, 5.41) is 3.72. The first-order valence-electron chi connectivity index (χ1n) is 5.96. The maximum atomic E-state index is 11.2. The van der Waals surface area contributed by atoms with Gasteiger partial charge in [0.25, 0.3) is 0 Å². The van der Waals surface area contributed by atoms with E-state index in [0.717, 1.165) is 36.5 Å². The Morgan fingerprint density at radius 3 is 3.00 bits per heavy atom. The van der Waals surface area contributed by atoms with Crippen molar-refractivity contribution in [2.45, 2.75) is 32.4 Å². The summed E-state index contributed by atoms with van der Waals surface area (Å²) in [7, 11) is 0. The van der Waals surface area contributed by atoms with Crippen LogP contribution in [0.4, 0.5) is 5.69 Å². The highest BCUT2D eigenvalue weighted by atomic mass is 35.5. The van der Waals surface area contributed by atoms with Crippen LogP contribution in [0.2, 0.25) is 5.02 Å². The first-order chi connectivity index (χ1) is 8.16. The van der Waals surface area contributed by atoms with E-state index in [0.29, 0.717) is 0 Å². The lowest BCUT2D eigenvalue weighted by atomic mass is 10.1. The summed E-state index contributed by atoms with van der Waals surface area (Å²) in [6.07, 6.45) is 3.40. The fourth-order valence-corrected chi connectivity index (χ4v) is 2.46. The molecule has 0 aliphatic carbocycles. The number of nitrogens with one attached hydrogen (secondary N) is 1. The van der Waals surface area contributed by atoms with Gasteiger partial charge in [-0.1, -0.05) is 17.7 Å². The fourth-order valence-electron chi connectivity index (χ4n) is 2.28. The van der Waals surface area contributed by atoms with Gasteiger partial charge in [0.1, 0.15) is 6.17 Å². The Balaban J connectivity index is 2.18. The van der Waals surface area contributed by atoms with Crippen LogP contribution in [0.1, 0.15) is 26.2 Å². The van der Waals surface area contributed by atoms with E-state index >= 15 is 0 Å². The molecular formula is C13H17ClN2O. The minimum atomic E-state index is 0.0175. The van der Waals surface area contributed by atoms with Crippen LogP contribution < -0.4 is 10.2 Å². The van der Waals surface area contributed by atoms with E-state index in [4.69, 9.17) is 11.6 Å². The van der Waals surface area contributed by atoms with E-state index in [1.807, 2.05) is 24.3 Å². The average molecular weight is 253 g/mol. The van der Waals surface area contributed by atoms with Crippen LogP contribution in [-0.4, -0.2) is 18.6 Å². The van der Waals surface area contributed by atoms with Crippen molar-refractivity contribution in [2.24, 2.45) is 0 Å². The molecule has 17 heavy (non-hydrogen) atoms. The van der Waals surface area contributed by atoms with Crippen LogP contribution in [0.25, 0.3) is 0 Å². The summed E-state index contributed by atoms with van der Waals surface area (Å²) in [6, 6.07) is 7.78. The van der Waals surface area contributed by atoms with E-state index in [9.17, 15) is 4.79 Å². The Morgan fingerprint density at radius 1 is 1.47 bits per heavy atom. The molecule has 4 heteroatoms. The molecule has 3 nitrogen and oxygen atoms in total. The van der Waals surface area contributed by atoms with Crippen molar-refractivity contribution in [3.63, 3.8) is 0 Å². The van der Waals surface area contributed by atoms with Crippen molar-refractivity contribution >= 4 is 23.2 Å².